The van der Waals surface area contributed by atoms with Gasteiger partial charge in [0.25, 0.3) is 5.91 Å². The Morgan fingerprint density at radius 1 is 1.21 bits per heavy atom. The second-order valence-corrected chi connectivity index (χ2v) is 3.97. The van der Waals surface area contributed by atoms with Crippen LogP contribution in [0.25, 0.3) is 0 Å². The summed E-state index contributed by atoms with van der Waals surface area (Å²) in [6, 6.07) is 8.17. The third-order valence-electron chi connectivity index (χ3n) is 2.53. The topological polar surface area (TPSA) is 68.5 Å². The van der Waals surface area contributed by atoms with Crippen molar-refractivity contribution in [1.29, 1.82) is 0 Å². The summed E-state index contributed by atoms with van der Waals surface area (Å²) in [6.07, 6.45) is 1.38. The summed E-state index contributed by atoms with van der Waals surface area (Å²) in [5, 5.41) is 2.68. The van der Waals surface area contributed by atoms with Crippen molar-refractivity contribution >= 4 is 17.6 Å². The third-order valence-corrected chi connectivity index (χ3v) is 2.53. The number of hydrogen-bond donors (Lipinski definition) is 1. The lowest BCUT2D eigenvalue weighted by Gasteiger charge is -2.05. The molecule has 0 radical (unpaired) electrons. The van der Waals surface area contributed by atoms with Crippen molar-refractivity contribution in [3.8, 4) is 0 Å². The molecule has 1 aromatic heterocycles. The molecular formula is C14H13NO4. The Morgan fingerprint density at radius 3 is 2.63 bits per heavy atom. The molecule has 2 aromatic rings. The minimum atomic E-state index is -0.449. The van der Waals surface area contributed by atoms with E-state index in [0.717, 1.165) is 0 Å². The Bertz CT molecular complexity index is 615. The molecule has 1 heterocycles. The summed E-state index contributed by atoms with van der Waals surface area (Å²) in [4.78, 5) is 23.3. The average Bonchev–Trinajstić information content (AvgIpc) is 2.85. The normalized spacial score (nSPS) is 10.0. The Kier molecular flexibility index (Phi) is 3.66. The number of nitrogens with one attached hydrogen (secondary N) is 1. The standard InChI is InChI=1S/C14H13NO4/c1-9-6-11(8-19-9)13(16)15-12-5-3-4-10(7-12)14(17)18-2/h3-8H,1-2H3,(H,15,16). The number of anilines is 1. The minimum absolute atomic E-state index is 0.293. The van der Waals surface area contributed by atoms with E-state index in [1.54, 1.807) is 37.3 Å². The lowest BCUT2D eigenvalue weighted by Crippen LogP contribution is -2.11. The Balaban J connectivity index is 2.15. The van der Waals surface area contributed by atoms with Crippen LogP contribution in [0.5, 0.6) is 0 Å². The highest BCUT2D eigenvalue weighted by Crippen LogP contribution is 2.14. The number of carbonyl (C=O) groups excluding carboxylic acids is 2. The van der Waals surface area contributed by atoms with Gasteiger partial charge in [-0.1, -0.05) is 6.07 Å². The first-order valence-corrected chi connectivity index (χ1v) is 5.65. The zero-order chi connectivity index (χ0) is 13.8. The van der Waals surface area contributed by atoms with Crippen LogP contribution in [-0.4, -0.2) is 19.0 Å². The molecule has 0 unspecified atom stereocenters. The van der Waals surface area contributed by atoms with E-state index in [1.165, 1.54) is 13.4 Å². The zero-order valence-corrected chi connectivity index (χ0v) is 10.6. The summed E-state index contributed by atoms with van der Waals surface area (Å²) >= 11 is 0. The maximum absolute atomic E-state index is 11.9. The molecule has 98 valence electrons. The van der Waals surface area contributed by atoms with Crippen LogP contribution >= 0.6 is 0 Å². The minimum Gasteiger partial charge on any atom is -0.469 e. The lowest BCUT2D eigenvalue weighted by molar-refractivity contribution is 0.0600. The van der Waals surface area contributed by atoms with Crippen LogP contribution in [0.1, 0.15) is 26.5 Å². The SMILES string of the molecule is COC(=O)c1cccc(NC(=O)c2coc(C)c2)c1. The second-order valence-electron chi connectivity index (χ2n) is 3.97. The summed E-state index contributed by atoms with van der Waals surface area (Å²) in [5.74, 6) is -0.0809. The predicted octanol–water partition coefficient (Wildman–Crippen LogP) is 2.63. The van der Waals surface area contributed by atoms with E-state index < -0.39 is 5.97 Å². The van der Waals surface area contributed by atoms with Crippen molar-refractivity contribution in [1.82, 2.24) is 0 Å². The second kappa shape index (κ2) is 5.39. The van der Waals surface area contributed by atoms with Crippen LogP contribution in [0.3, 0.4) is 0 Å². The molecule has 0 atom stereocenters. The largest absolute Gasteiger partial charge is 0.469 e. The van der Waals surface area contributed by atoms with Crippen molar-refractivity contribution in [3.05, 3.63) is 53.5 Å². The van der Waals surface area contributed by atoms with Gasteiger partial charge in [0, 0.05) is 5.69 Å². The van der Waals surface area contributed by atoms with Gasteiger partial charge in [0.15, 0.2) is 0 Å². The molecule has 0 fully saturated rings. The summed E-state index contributed by atoms with van der Waals surface area (Å²) in [6.45, 7) is 1.76. The Morgan fingerprint density at radius 2 is 2.00 bits per heavy atom. The van der Waals surface area contributed by atoms with Crippen LogP contribution in [0.15, 0.2) is 41.0 Å². The molecule has 1 amide bonds. The van der Waals surface area contributed by atoms with Gasteiger partial charge in [-0.2, -0.15) is 0 Å². The lowest BCUT2D eigenvalue weighted by atomic mass is 10.2. The van der Waals surface area contributed by atoms with Gasteiger partial charge in [-0.3, -0.25) is 4.79 Å². The van der Waals surface area contributed by atoms with Crippen LogP contribution in [0.4, 0.5) is 5.69 Å². The van der Waals surface area contributed by atoms with Gasteiger partial charge in [0.05, 0.1) is 18.2 Å². The fourth-order valence-electron chi connectivity index (χ4n) is 1.61. The molecule has 0 bridgehead atoms. The maximum Gasteiger partial charge on any atom is 0.337 e. The van der Waals surface area contributed by atoms with Gasteiger partial charge in [0.2, 0.25) is 0 Å². The first-order chi connectivity index (χ1) is 9.10. The number of hydrogen-bond acceptors (Lipinski definition) is 4. The summed E-state index contributed by atoms with van der Waals surface area (Å²) in [7, 11) is 1.31. The van der Waals surface area contributed by atoms with Crippen LogP contribution < -0.4 is 5.32 Å². The number of methoxy groups -OCH3 is 1. The average molecular weight is 259 g/mol. The fraction of sp³-hybridized carbons (Fsp3) is 0.143. The van der Waals surface area contributed by atoms with E-state index in [4.69, 9.17) is 4.42 Å². The van der Waals surface area contributed by atoms with E-state index in [1.807, 2.05) is 0 Å². The van der Waals surface area contributed by atoms with Gasteiger partial charge >= 0.3 is 5.97 Å². The van der Waals surface area contributed by atoms with Gasteiger partial charge in [0.1, 0.15) is 12.0 Å². The van der Waals surface area contributed by atoms with Gasteiger partial charge in [-0.25, -0.2) is 4.79 Å². The number of carbonyl (C=O) groups is 2. The molecule has 0 spiro atoms. The van der Waals surface area contributed by atoms with Crippen LogP contribution in [0, 0.1) is 6.92 Å². The van der Waals surface area contributed by atoms with Crippen molar-refractivity contribution in [2.75, 3.05) is 12.4 Å². The molecule has 1 N–H and O–H groups in total. The molecule has 0 aliphatic rings. The van der Waals surface area contributed by atoms with Gasteiger partial charge in [-0.05, 0) is 31.2 Å². The first-order valence-electron chi connectivity index (χ1n) is 5.65. The number of aryl methyl sites for hydroxylation is 1. The monoisotopic (exact) mass is 259 g/mol. The first kappa shape index (κ1) is 12.9. The van der Waals surface area contributed by atoms with E-state index in [9.17, 15) is 9.59 Å². The summed E-state index contributed by atoms with van der Waals surface area (Å²) < 4.78 is 9.69. The van der Waals surface area contributed by atoms with Crippen LogP contribution in [-0.2, 0) is 4.74 Å². The molecule has 5 nitrogen and oxygen atoms in total. The Labute approximate surface area is 110 Å². The third kappa shape index (κ3) is 3.01. The molecule has 19 heavy (non-hydrogen) atoms. The fourth-order valence-corrected chi connectivity index (χ4v) is 1.61. The van der Waals surface area contributed by atoms with Crippen molar-refractivity contribution in [2.24, 2.45) is 0 Å². The molecule has 0 aliphatic carbocycles. The number of furan rings is 1. The number of benzene rings is 1. The van der Waals surface area contributed by atoms with Crippen molar-refractivity contribution < 1.29 is 18.7 Å². The number of amides is 1. The zero-order valence-electron chi connectivity index (χ0n) is 10.6. The van der Waals surface area contributed by atoms with E-state index in [-0.39, 0.29) is 5.91 Å². The number of esters is 1. The molecule has 0 saturated heterocycles. The summed E-state index contributed by atoms with van der Waals surface area (Å²) in [5.41, 5.74) is 1.33. The molecule has 0 aliphatic heterocycles. The molecule has 1 aromatic carbocycles. The van der Waals surface area contributed by atoms with Crippen molar-refractivity contribution in [2.45, 2.75) is 6.92 Å². The van der Waals surface area contributed by atoms with Crippen molar-refractivity contribution in [3.63, 3.8) is 0 Å². The molecule has 5 heteroatoms. The van der Waals surface area contributed by atoms with Gasteiger partial charge < -0.3 is 14.5 Å². The van der Waals surface area contributed by atoms with E-state index in [0.29, 0.717) is 22.6 Å². The smallest absolute Gasteiger partial charge is 0.337 e. The predicted molar refractivity (Wildman–Crippen MR) is 69.2 cm³/mol. The highest BCUT2D eigenvalue weighted by atomic mass is 16.5. The molecule has 2 rings (SSSR count). The van der Waals surface area contributed by atoms with E-state index in [2.05, 4.69) is 10.1 Å². The van der Waals surface area contributed by atoms with Crippen LogP contribution in [0.2, 0.25) is 0 Å². The Hall–Kier alpha value is -2.56. The quantitative estimate of drug-likeness (QED) is 0.860. The highest BCUT2D eigenvalue weighted by molar-refractivity contribution is 6.04. The van der Waals surface area contributed by atoms with E-state index >= 15 is 0 Å². The number of ether oxygens (including phenoxy) is 1. The number of rotatable bonds is 3. The maximum atomic E-state index is 11.9. The molecule has 0 saturated carbocycles. The highest BCUT2D eigenvalue weighted by Gasteiger charge is 2.10. The van der Waals surface area contributed by atoms with Gasteiger partial charge in [-0.15, -0.1) is 0 Å². The molecular weight excluding hydrogens is 246 g/mol.